The van der Waals surface area contributed by atoms with Gasteiger partial charge >= 0.3 is 0 Å². The van der Waals surface area contributed by atoms with Crippen molar-refractivity contribution in [2.75, 3.05) is 17.4 Å². The third kappa shape index (κ3) is 6.32. The van der Waals surface area contributed by atoms with Crippen LogP contribution in [0, 0.1) is 6.92 Å². The molecule has 0 radical (unpaired) electrons. The standard InChI is InChI=1S/C23H22BrClN2O3S/c1-17-5-11-22(12-6-17)31(29,30)27(21-4-2-3-19(24)15-21)16-23(28)26-14-13-18-7-9-20(25)10-8-18/h2-12,15H,13-14,16H2,1H3,(H,26,28). The predicted octanol–water partition coefficient (Wildman–Crippen LogP) is 4.97. The first-order chi connectivity index (χ1) is 14.8. The average Bonchev–Trinajstić information content (AvgIpc) is 2.73. The van der Waals surface area contributed by atoms with Crippen LogP contribution in [0.1, 0.15) is 11.1 Å². The Morgan fingerprint density at radius 1 is 1.03 bits per heavy atom. The molecule has 1 amide bonds. The van der Waals surface area contributed by atoms with Crippen LogP contribution in [-0.4, -0.2) is 27.4 Å². The number of aryl methyl sites for hydroxylation is 1. The summed E-state index contributed by atoms with van der Waals surface area (Å²) >= 11 is 9.26. The maximum Gasteiger partial charge on any atom is 0.264 e. The summed E-state index contributed by atoms with van der Waals surface area (Å²) in [5.74, 6) is -0.385. The van der Waals surface area contributed by atoms with Gasteiger partial charge in [-0.3, -0.25) is 9.10 Å². The van der Waals surface area contributed by atoms with Crippen LogP contribution in [0.15, 0.2) is 82.2 Å². The summed E-state index contributed by atoms with van der Waals surface area (Å²) < 4.78 is 28.5. The van der Waals surface area contributed by atoms with Crippen LogP contribution in [0.3, 0.4) is 0 Å². The number of anilines is 1. The Hall–Kier alpha value is -2.35. The Labute approximate surface area is 196 Å². The first kappa shape index (κ1) is 23.3. The van der Waals surface area contributed by atoms with Gasteiger partial charge in [0.15, 0.2) is 0 Å². The highest BCUT2D eigenvalue weighted by Crippen LogP contribution is 2.26. The fourth-order valence-electron chi connectivity index (χ4n) is 2.97. The van der Waals surface area contributed by atoms with Crippen LogP contribution >= 0.6 is 27.5 Å². The van der Waals surface area contributed by atoms with Crippen LogP contribution < -0.4 is 9.62 Å². The number of carbonyl (C=O) groups is 1. The Morgan fingerprint density at radius 2 is 1.71 bits per heavy atom. The Bertz CT molecular complexity index is 1150. The van der Waals surface area contributed by atoms with Gasteiger partial charge in [0.2, 0.25) is 5.91 Å². The topological polar surface area (TPSA) is 66.5 Å². The molecule has 3 aromatic rings. The predicted molar refractivity (Wildman–Crippen MR) is 128 cm³/mol. The maximum absolute atomic E-state index is 13.3. The summed E-state index contributed by atoms with van der Waals surface area (Å²) in [5.41, 5.74) is 2.39. The van der Waals surface area contributed by atoms with Gasteiger partial charge in [0.05, 0.1) is 10.6 Å². The molecule has 0 bridgehead atoms. The molecule has 0 aliphatic rings. The highest BCUT2D eigenvalue weighted by Gasteiger charge is 2.27. The van der Waals surface area contributed by atoms with Gasteiger partial charge in [-0.2, -0.15) is 0 Å². The molecule has 0 atom stereocenters. The normalized spacial score (nSPS) is 11.2. The fraction of sp³-hybridized carbons (Fsp3) is 0.174. The summed E-state index contributed by atoms with van der Waals surface area (Å²) in [6.45, 7) is 1.95. The van der Waals surface area contributed by atoms with Gasteiger partial charge in [0, 0.05) is 16.0 Å². The zero-order valence-electron chi connectivity index (χ0n) is 16.9. The second kappa shape index (κ2) is 10.3. The van der Waals surface area contributed by atoms with E-state index in [2.05, 4.69) is 21.2 Å². The molecular weight excluding hydrogens is 500 g/mol. The summed E-state index contributed by atoms with van der Waals surface area (Å²) in [7, 11) is -3.93. The molecule has 0 aromatic heterocycles. The fourth-order valence-corrected chi connectivity index (χ4v) is 4.89. The van der Waals surface area contributed by atoms with E-state index in [1.165, 1.54) is 0 Å². The van der Waals surface area contributed by atoms with Gasteiger partial charge in [-0.25, -0.2) is 8.42 Å². The highest BCUT2D eigenvalue weighted by atomic mass is 79.9. The molecular formula is C23H22BrClN2O3S. The Balaban J connectivity index is 1.77. The minimum atomic E-state index is -3.93. The van der Waals surface area contributed by atoms with Gasteiger partial charge in [-0.1, -0.05) is 63.4 Å². The van der Waals surface area contributed by atoms with Crippen LogP contribution in [-0.2, 0) is 21.2 Å². The van der Waals surface area contributed by atoms with Crippen molar-refractivity contribution in [1.82, 2.24) is 5.32 Å². The summed E-state index contributed by atoms with van der Waals surface area (Å²) in [6.07, 6.45) is 0.616. The number of nitrogens with zero attached hydrogens (tertiary/aromatic N) is 1. The minimum absolute atomic E-state index is 0.132. The number of hydrogen-bond donors (Lipinski definition) is 1. The second-order valence-corrected chi connectivity index (χ2v) is 10.2. The quantitative estimate of drug-likeness (QED) is 0.455. The molecule has 0 aliphatic heterocycles. The van der Waals surface area contributed by atoms with E-state index in [-0.39, 0.29) is 17.3 Å². The lowest BCUT2D eigenvalue weighted by atomic mass is 10.1. The maximum atomic E-state index is 13.3. The number of benzene rings is 3. The van der Waals surface area contributed by atoms with Crippen molar-refractivity contribution >= 4 is 49.1 Å². The summed E-state index contributed by atoms with van der Waals surface area (Å²) in [4.78, 5) is 12.8. The molecule has 0 spiro atoms. The van der Waals surface area contributed by atoms with Gasteiger partial charge in [-0.05, 0) is 61.4 Å². The zero-order valence-corrected chi connectivity index (χ0v) is 20.0. The molecule has 0 aliphatic carbocycles. The van der Waals surface area contributed by atoms with E-state index in [0.29, 0.717) is 23.7 Å². The lowest BCUT2D eigenvalue weighted by molar-refractivity contribution is -0.119. The number of nitrogens with one attached hydrogen (secondary N) is 1. The van der Waals surface area contributed by atoms with E-state index in [9.17, 15) is 13.2 Å². The van der Waals surface area contributed by atoms with Crippen molar-refractivity contribution in [2.45, 2.75) is 18.2 Å². The number of carbonyl (C=O) groups excluding carboxylic acids is 1. The first-order valence-electron chi connectivity index (χ1n) is 9.62. The first-order valence-corrected chi connectivity index (χ1v) is 12.2. The zero-order chi connectivity index (χ0) is 22.4. The highest BCUT2D eigenvalue weighted by molar-refractivity contribution is 9.10. The van der Waals surface area contributed by atoms with Crippen molar-refractivity contribution in [3.05, 3.63) is 93.4 Å². The Morgan fingerprint density at radius 3 is 2.35 bits per heavy atom. The third-order valence-electron chi connectivity index (χ3n) is 4.64. The lowest BCUT2D eigenvalue weighted by Crippen LogP contribution is -2.41. The second-order valence-electron chi connectivity index (χ2n) is 7.03. The number of rotatable bonds is 8. The molecule has 31 heavy (non-hydrogen) atoms. The van der Waals surface area contributed by atoms with E-state index in [1.807, 2.05) is 19.1 Å². The number of halogens is 2. The van der Waals surface area contributed by atoms with Crippen LogP contribution in [0.4, 0.5) is 5.69 Å². The van der Waals surface area contributed by atoms with Crippen LogP contribution in [0.2, 0.25) is 5.02 Å². The van der Waals surface area contributed by atoms with Crippen molar-refractivity contribution in [3.63, 3.8) is 0 Å². The molecule has 0 unspecified atom stereocenters. The lowest BCUT2D eigenvalue weighted by Gasteiger charge is -2.24. The molecule has 0 heterocycles. The van der Waals surface area contributed by atoms with Gasteiger partial charge < -0.3 is 5.32 Å². The largest absolute Gasteiger partial charge is 0.354 e. The summed E-state index contributed by atoms with van der Waals surface area (Å²) in [6, 6.07) is 20.8. The number of hydrogen-bond acceptors (Lipinski definition) is 3. The van der Waals surface area contributed by atoms with E-state index in [4.69, 9.17) is 11.6 Å². The molecule has 5 nitrogen and oxygen atoms in total. The Kier molecular flexibility index (Phi) is 7.75. The molecule has 162 valence electrons. The third-order valence-corrected chi connectivity index (χ3v) is 7.17. The van der Waals surface area contributed by atoms with E-state index < -0.39 is 10.0 Å². The smallest absolute Gasteiger partial charge is 0.264 e. The van der Waals surface area contributed by atoms with Crippen LogP contribution in [0.25, 0.3) is 0 Å². The summed E-state index contributed by atoms with van der Waals surface area (Å²) in [5, 5.41) is 3.46. The average molecular weight is 522 g/mol. The van der Waals surface area contributed by atoms with Crippen molar-refractivity contribution < 1.29 is 13.2 Å². The van der Waals surface area contributed by atoms with Crippen molar-refractivity contribution in [3.8, 4) is 0 Å². The molecule has 0 fully saturated rings. The SMILES string of the molecule is Cc1ccc(S(=O)(=O)N(CC(=O)NCCc2ccc(Cl)cc2)c2cccc(Br)c2)cc1. The number of sulfonamides is 1. The molecule has 0 saturated heterocycles. The molecule has 0 saturated carbocycles. The van der Waals surface area contributed by atoms with E-state index in [1.54, 1.807) is 60.7 Å². The van der Waals surface area contributed by atoms with Crippen molar-refractivity contribution in [1.29, 1.82) is 0 Å². The van der Waals surface area contributed by atoms with Crippen molar-refractivity contribution in [2.24, 2.45) is 0 Å². The molecule has 8 heteroatoms. The van der Waals surface area contributed by atoms with E-state index >= 15 is 0 Å². The van der Waals surface area contributed by atoms with Gasteiger partial charge in [0.25, 0.3) is 10.0 Å². The van der Waals surface area contributed by atoms with Gasteiger partial charge in [-0.15, -0.1) is 0 Å². The monoisotopic (exact) mass is 520 g/mol. The molecule has 3 rings (SSSR count). The van der Waals surface area contributed by atoms with Gasteiger partial charge in [0.1, 0.15) is 6.54 Å². The minimum Gasteiger partial charge on any atom is -0.354 e. The molecule has 1 N–H and O–H groups in total. The molecule has 3 aromatic carbocycles. The van der Waals surface area contributed by atoms with E-state index in [0.717, 1.165) is 19.9 Å². The number of amides is 1. The van der Waals surface area contributed by atoms with Crippen LogP contribution in [0.5, 0.6) is 0 Å².